The fourth-order valence-corrected chi connectivity index (χ4v) is 1.93. The minimum atomic E-state index is -0.215. The molecule has 0 aliphatic carbocycles. The summed E-state index contributed by atoms with van der Waals surface area (Å²) in [5.41, 5.74) is 2.92. The molecule has 0 radical (unpaired) electrons. The van der Waals surface area contributed by atoms with Crippen molar-refractivity contribution in [1.29, 1.82) is 0 Å². The van der Waals surface area contributed by atoms with E-state index < -0.39 is 0 Å². The molecule has 3 nitrogen and oxygen atoms in total. The van der Waals surface area contributed by atoms with Gasteiger partial charge in [-0.1, -0.05) is 0 Å². The van der Waals surface area contributed by atoms with Crippen molar-refractivity contribution >= 4 is 10.9 Å². The summed E-state index contributed by atoms with van der Waals surface area (Å²) >= 11 is 0. The van der Waals surface area contributed by atoms with E-state index in [4.69, 9.17) is 0 Å². The number of H-pyrrole nitrogens is 1. The number of benzene rings is 1. The molecular formula is C13H12FN3. The molecule has 86 valence electrons. The van der Waals surface area contributed by atoms with Crippen LogP contribution in [-0.4, -0.2) is 14.8 Å². The van der Waals surface area contributed by atoms with Gasteiger partial charge in [0, 0.05) is 34.9 Å². The van der Waals surface area contributed by atoms with Gasteiger partial charge in [0.15, 0.2) is 0 Å². The Morgan fingerprint density at radius 3 is 3.00 bits per heavy atom. The van der Waals surface area contributed by atoms with E-state index in [1.165, 1.54) is 12.1 Å². The molecule has 0 bridgehead atoms. The molecule has 0 unspecified atom stereocenters. The van der Waals surface area contributed by atoms with Crippen LogP contribution in [0.4, 0.5) is 4.39 Å². The van der Waals surface area contributed by atoms with Gasteiger partial charge in [-0.3, -0.25) is 4.68 Å². The molecule has 3 aromatic rings. The Kier molecular flexibility index (Phi) is 2.21. The fourth-order valence-electron chi connectivity index (χ4n) is 1.93. The van der Waals surface area contributed by atoms with Crippen molar-refractivity contribution in [2.75, 3.05) is 0 Å². The van der Waals surface area contributed by atoms with E-state index in [0.29, 0.717) is 0 Å². The first-order valence-electron chi connectivity index (χ1n) is 5.57. The third-order valence-corrected chi connectivity index (χ3v) is 2.85. The predicted molar refractivity (Wildman–Crippen MR) is 65.2 cm³/mol. The average Bonchev–Trinajstić information content (AvgIpc) is 2.93. The molecule has 1 aromatic carbocycles. The molecule has 2 aromatic heterocycles. The molecule has 0 atom stereocenters. The second kappa shape index (κ2) is 3.73. The summed E-state index contributed by atoms with van der Waals surface area (Å²) in [6, 6.07) is 6.67. The van der Waals surface area contributed by atoms with Gasteiger partial charge < -0.3 is 4.98 Å². The zero-order valence-electron chi connectivity index (χ0n) is 9.44. The van der Waals surface area contributed by atoms with Crippen LogP contribution in [0, 0.1) is 5.82 Å². The van der Waals surface area contributed by atoms with E-state index in [2.05, 4.69) is 10.1 Å². The summed E-state index contributed by atoms with van der Waals surface area (Å²) in [6.07, 6.45) is 3.78. The molecule has 17 heavy (non-hydrogen) atoms. The van der Waals surface area contributed by atoms with Crippen LogP contribution in [0.1, 0.15) is 6.92 Å². The highest BCUT2D eigenvalue weighted by Crippen LogP contribution is 2.24. The minimum absolute atomic E-state index is 0.215. The van der Waals surface area contributed by atoms with Gasteiger partial charge in [0.05, 0.1) is 6.20 Å². The van der Waals surface area contributed by atoms with Crippen LogP contribution in [0.3, 0.4) is 0 Å². The number of aromatic nitrogens is 3. The first kappa shape index (κ1) is 10.1. The molecule has 0 amide bonds. The van der Waals surface area contributed by atoms with Gasteiger partial charge in [-0.2, -0.15) is 5.10 Å². The lowest BCUT2D eigenvalue weighted by atomic mass is 10.2. The minimum Gasteiger partial charge on any atom is -0.354 e. The number of hydrogen-bond acceptors (Lipinski definition) is 1. The molecule has 0 spiro atoms. The zero-order chi connectivity index (χ0) is 11.8. The number of aryl methyl sites for hydroxylation is 1. The summed E-state index contributed by atoms with van der Waals surface area (Å²) in [5, 5.41) is 5.10. The SMILES string of the molecule is CCn1cc(-c2cc3cc(F)ccc3[nH]2)cn1. The molecule has 3 rings (SSSR count). The largest absolute Gasteiger partial charge is 0.354 e. The summed E-state index contributed by atoms with van der Waals surface area (Å²) in [6.45, 7) is 2.88. The number of rotatable bonds is 2. The van der Waals surface area contributed by atoms with Gasteiger partial charge >= 0.3 is 0 Å². The second-order valence-electron chi connectivity index (χ2n) is 4.00. The highest BCUT2D eigenvalue weighted by molar-refractivity contribution is 5.85. The Balaban J connectivity index is 2.11. The lowest BCUT2D eigenvalue weighted by Gasteiger charge is -1.91. The maximum absolute atomic E-state index is 13.1. The molecule has 2 heterocycles. The van der Waals surface area contributed by atoms with E-state index in [1.807, 2.05) is 30.1 Å². The molecule has 0 aliphatic rings. The number of halogens is 1. The van der Waals surface area contributed by atoms with Crippen molar-refractivity contribution in [2.45, 2.75) is 13.5 Å². The van der Waals surface area contributed by atoms with E-state index in [-0.39, 0.29) is 5.82 Å². The number of hydrogen-bond donors (Lipinski definition) is 1. The summed E-state index contributed by atoms with van der Waals surface area (Å²) in [5.74, 6) is -0.215. The molecular weight excluding hydrogens is 217 g/mol. The molecule has 0 fully saturated rings. The monoisotopic (exact) mass is 229 g/mol. The third kappa shape index (κ3) is 1.71. The van der Waals surface area contributed by atoms with Gasteiger partial charge in [0.2, 0.25) is 0 Å². The van der Waals surface area contributed by atoms with Gasteiger partial charge in [0.1, 0.15) is 5.82 Å². The Bertz CT molecular complexity index is 666. The Morgan fingerprint density at radius 1 is 1.35 bits per heavy atom. The first-order chi connectivity index (χ1) is 8.26. The van der Waals surface area contributed by atoms with Crippen LogP contribution < -0.4 is 0 Å². The Hall–Kier alpha value is -2.10. The van der Waals surface area contributed by atoms with Crippen LogP contribution in [0.2, 0.25) is 0 Å². The Morgan fingerprint density at radius 2 is 2.24 bits per heavy atom. The lowest BCUT2D eigenvalue weighted by molar-refractivity contribution is 0.630. The van der Waals surface area contributed by atoms with Crippen molar-refractivity contribution in [3.63, 3.8) is 0 Å². The molecule has 0 saturated carbocycles. The maximum Gasteiger partial charge on any atom is 0.123 e. The molecule has 4 heteroatoms. The number of fused-ring (bicyclic) bond motifs is 1. The number of nitrogens with zero attached hydrogens (tertiary/aromatic N) is 2. The normalized spacial score (nSPS) is 11.2. The van der Waals surface area contributed by atoms with E-state index in [1.54, 1.807) is 6.07 Å². The zero-order valence-corrected chi connectivity index (χ0v) is 9.44. The smallest absolute Gasteiger partial charge is 0.123 e. The van der Waals surface area contributed by atoms with Gasteiger partial charge in [-0.25, -0.2) is 4.39 Å². The molecule has 0 saturated heterocycles. The van der Waals surface area contributed by atoms with E-state index >= 15 is 0 Å². The van der Waals surface area contributed by atoms with Crippen molar-refractivity contribution in [2.24, 2.45) is 0 Å². The van der Waals surface area contributed by atoms with Gasteiger partial charge in [0.25, 0.3) is 0 Å². The van der Waals surface area contributed by atoms with Crippen LogP contribution >= 0.6 is 0 Å². The van der Waals surface area contributed by atoms with Crippen molar-refractivity contribution in [1.82, 2.24) is 14.8 Å². The van der Waals surface area contributed by atoms with Crippen molar-refractivity contribution in [3.8, 4) is 11.3 Å². The molecule has 0 aliphatic heterocycles. The highest BCUT2D eigenvalue weighted by atomic mass is 19.1. The average molecular weight is 229 g/mol. The standard InChI is InChI=1S/C13H12FN3/c1-2-17-8-10(7-15-17)13-6-9-5-11(14)3-4-12(9)16-13/h3-8,16H,2H2,1H3. The lowest BCUT2D eigenvalue weighted by Crippen LogP contribution is -1.91. The topological polar surface area (TPSA) is 33.6 Å². The van der Waals surface area contributed by atoms with E-state index in [0.717, 1.165) is 28.7 Å². The van der Waals surface area contributed by atoms with Gasteiger partial charge in [-0.15, -0.1) is 0 Å². The predicted octanol–water partition coefficient (Wildman–Crippen LogP) is 3.19. The van der Waals surface area contributed by atoms with Crippen molar-refractivity contribution < 1.29 is 4.39 Å². The van der Waals surface area contributed by atoms with Crippen LogP contribution in [-0.2, 0) is 6.54 Å². The van der Waals surface area contributed by atoms with Crippen LogP contribution in [0.15, 0.2) is 36.7 Å². The van der Waals surface area contributed by atoms with Gasteiger partial charge in [-0.05, 0) is 31.2 Å². The number of aromatic amines is 1. The van der Waals surface area contributed by atoms with Crippen LogP contribution in [0.5, 0.6) is 0 Å². The summed E-state index contributed by atoms with van der Waals surface area (Å²) < 4.78 is 14.9. The van der Waals surface area contributed by atoms with E-state index in [9.17, 15) is 4.39 Å². The van der Waals surface area contributed by atoms with Crippen molar-refractivity contribution in [3.05, 3.63) is 42.5 Å². The highest BCUT2D eigenvalue weighted by Gasteiger charge is 2.06. The first-order valence-corrected chi connectivity index (χ1v) is 5.57. The quantitative estimate of drug-likeness (QED) is 0.719. The fraction of sp³-hybridized carbons (Fsp3) is 0.154. The third-order valence-electron chi connectivity index (χ3n) is 2.85. The van der Waals surface area contributed by atoms with Crippen LogP contribution in [0.25, 0.3) is 22.2 Å². The second-order valence-corrected chi connectivity index (χ2v) is 4.00. The maximum atomic E-state index is 13.1. The molecule has 1 N–H and O–H groups in total. The summed E-state index contributed by atoms with van der Waals surface area (Å²) in [7, 11) is 0. The summed E-state index contributed by atoms with van der Waals surface area (Å²) in [4.78, 5) is 3.26. The Labute approximate surface area is 97.9 Å². The number of nitrogens with one attached hydrogen (secondary N) is 1.